The molecule has 0 aliphatic carbocycles. The highest BCUT2D eigenvalue weighted by molar-refractivity contribution is 5.43. The first-order chi connectivity index (χ1) is 7.88. The molecular weight excluding hydrogens is 198 g/mol. The van der Waals surface area contributed by atoms with Crippen molar-refractivity contribution in [2.45, 2.75) is 6.54 Å². The number of nitrogens with one attached hydrogen (secondary N) is 1. The predicted molar refractivity (Wildman–Crippen MR) is 62.7 cm³/mol. The second-order valence-electron chi connectivity index (χ2n) is 3.38. The molecule has 3 heteroatoms. The van der Waals surface area contributed by atoms with E-state index in [0.29, 0.717) is 12.2 Å². The van der Waals surface area contributed by atoms with Crippen molar-refractivity contribution in [3.05, 3.63) is 59.9 Å². The summed E-state index contributed by atoms with van der Waals surface area (Å²) in [5, 5.41) is 12.0. The molecule has 2 aromatic rings. The lowest BCUT2D eigenvalue weighted by atomic mass is 10.2. The third-order valence-corrected chi connectivity index (χ3v) is 2.21. The molecule has 1 N–H and O–H groups in total. The summed E-state index contributed by atoms with van der Waals surface area (Å²) in [7, 11) is 0. The maximum absolute atomic E-state index is 8.71. The maximum atomic E-state index is 8.71. The van der Waals surface area contributed by atoms with Crippen LogP contribution in [0.15, 0.2) is 48.7 Å². The topological polar surface area (TPSA) is 48.7 Å². The molecule has 0 bridgehead atoms. The molecule has 1 aromatic carbocycles. The summed E-state index contributed by atoms with van der Waals surface area (Å²) >= 11 is 0. The van der Waals surface area contributed by atoms with Crippen LogP contribution in [0.2, 0.25) is 0 Å². The summed E-state index contributed by atoms with van der Waals surface area (Å²) in [6, 6.07) is 15.7. The van der Waals surface area contributed by atoms with E-state index in [0.717, 1.165) is 11.3 Å². The molecule has 0 aliphatic heterocycles. The molecule has 16 heavy (non-hydrogen) atoms. The third kappa shape index (κ3) is 2.58. The average molecular weight is 209 g/mol. The van der Waals surface area contributed by atoms with Gasteiger partial charge in [0.25, 0.3) is 0 Å². The highest BCUT2D eigenvalue weighted by Gasteiger charge is 1.96. The van der Waals surface area contributed by atoms with Crippen molar-refractivity contribution in [3.63, 3.8) is 0 Å². The number of hydrogen-bond acceptors (Lipinski definition) is 3. The highest BCUT2D eigenvalue weighted by Crippen LogP contribution is 2.08. The van der Waals surface area contributed by atoms with Crippen LogP contribution in [0.5, 0.6) is 0 Å². The average Bonchev–Trinajstić information content (AvgIpc) is 2.38. The van der Waals surface area contributed by atoms with E-state index in [9.17, 15) is 0 Å². The van der Waals surface area contributed by atoms with E-state index in [2.05, 4.69) is 10.3 Å². The zero-order valence-corrected chi connectivity index (χ0v) is 8.72. The van der Waals surface area contributed by atoms with Gasteiger partial charge in [0.1, 0.15) is 11.8 Å². The summed E-state index contributed by atoms with van der Waals surface area (Å²) < 4.78 is 0. The largest absolute Gasteiger partial charge is 0.381 e. The van der Waals surface area contributed by atoms with Gasteiger partial charge in [0, 0.05) is 18.4 Å². The number of benzene rings is 1. The van der Waals surface area contributed by atoms with Crippen LogP contribution in [-0.4, -0.2) is 4.98 Å². The lowest BCUT2D eigenvalue weighted by Crippen LogP contribution is -1.99. The smallest absolute Gasteiger partial charge is 0.140 e. The van der Waals surface area contributed by atoms with Gasteiger partial charge in [-0.3, -0.25) is 0 Å². The Bertz CT molecular complexity index is 500. The molecule has 0 unspecified atom stereocenters. The lowest BCUT2D eigenvalue weighted by molar-refractivity contribution is 1.12. The summed E-state index contributed by atoms with van der Waals surface area (Å²) in [6.45, 7) is 0.696. The van der Waals surface area contributed by atoms with Crippen LogP contribution >= 0.6 is 0 Å². The number of nitriles is 1. The van der Waals surface area contributed by atoms with Crippen molar-refractivity contribution in [2.24, 2.45) is 0 Å². The Morgan fingerprint density at radius 3 is 2.75 bits per heavy atom. The molecule has 1 aromatic heterocycles. The fraction of sp³-hybridized carbons (Fsp3) is 0.0769. The molecule has 2 rings (SSSR count). The van der Waals surface area contributed by atoms with Crippen molar-refractivity contribution in [3.8, 4) is 6.07 Å². The summed E-state index contributed by atoms with van der Waals surface area (Å²) in [5.74, 6) is 0. The standard InChI is InChI=1S/C13H11N3/c14-9-13-8-11(6-7-15-13)10-16-12-4-2-1-3-5-12/h1-8,16H,10H2. The Labute approximate surface area is 94.4 Å². The van der Waals surface area contributed by atoms with Crippen molar-refractivity contribution in [1.82, 2.24) is 4.98 Å². The van der Waals surface area contributed by atoms with Crippen molar-refractivity contribution in [1.29, 1.82) is 5.26 Å². The molecule has 0 amide bonds. The Balaban J connectivity index is 2.03. The maximum Gasteiger partial charge on any atom is 0.140 e. The molecule has 0 aliphatic rings. The fourth-order valence-electron chi connectivity index (χ4n) is 1.41. The van der Waals surface area contributed by atoms with Crippen molar-refractivity contribution in [2.75, 3.05) is 5.32 Å². The van der Waals surface area contributed by atoms with Gasteiger partial charge in [-0.15, -0.1) is 0 Å². The first-order valence-electron chi connectivity index (χ1n) is 5.02. The second-order valence-corrected chi connectivity index (χ2v) is 3.38. The molecule has 0 atom stereocenters. The number of aromatic nitrogens is 1. The van der Waals surface area contributed by atoms with Gasteiger partial charge < -0.3 is 5.32 Å². The normalized spacial score (nSPS) is 9.44. The van der Waals surface area contributed by atoms with E-state index in [4.69, 9.17) is 5.26 Å². The quantitative estimate of drug-likeness (QED) is 0.845. The van der Waals surface area contributed by atoms with Crippen LogP contribution < -0.4 is 5.32 Å². The Hall–Kier alpha value is -2.34. The van der Waals surface area contributed by atoms with Crippen LogP contribution in [-0.2, 0) is 6.54 Å². The van der Waals surface area contributed by atoms with Crippen molar-refractivity contribution < 1.29 is 0 Å². The summed E-state index contributed by atoms with van der Waals surface area (Å²) in [5.41, 5.74) is 2.57. The van der Waals surface area contributed by atoms with Gasteiger partial charge in [-0.05, 0) is 29.8 Å². The van der Waals surface area contributed by atoms with E-state index in [1.165, 1.54) is 0 Å². The van der Waals surface area contributed by atoms with E-state index < -0.39 is 0 Å². The number of pyridine rings is 1. The Morgan fingerprint density at radius 1 is 1.19 bits per heavy atom. The molecule has 1 heterocycles. The number of rotatable bonds is 3. The molecule has 0 spiro atoms. The molecule has 0 saturated heterocycles. The molecule has 0 fully saturated rings. The van der Waals surface area contributed by atoms with Gasteiger partial charge in [-0.25, -0.2) is 4.98 Å². The minimum Gasteiger partial charge on any atom is -0.381 e. The van der Waals surface area contributed by atoms with Gasteiger partial charge in [0.05, 0.1) is 0 Å². The van der Waals surface area contributed by atoms with Crippen molar-refractivity contribution >= 4 is 5.69 Å². The fourth-order valence-corrected chi connectivity index (χ4v) is 1.41. The molecular formula is C13H11N3. The van der Waals surface area contributed by atoms with E-state index in [-0.39, 0.29) is 0 Å². The van der Waals surface area contributed by atoms with Gasteiger partial charge in [0.15, 0.2) is 0 Å². The van der Waals surface area contributed by atoms with Crippen LogP contribution in [0.3, 0.4) is 0 Å². The SMILES string of the molecule is N#Cc1cc(CNc2ccccc2)ccn1. The minimum absolute atomic E-state index is 0.451. The summed E-state index contributed by atoms with van der Waals surface area (Å²) in [4.78, 5) is 3.92. The number of hydrogen-bond donors (Lipinski definition) is 1. The highest BCUT2D eigenvalue weighted by atomic mass is 14.9. The third-order valence-electron chi connectivity index (χ3n) is 2.21. The van der Waals surface area contributed by atoms with Crippen LogP contribution in [0.1, 0.15) is 11.3 Å². The van der Waals surface area contributed by atoms with Crippen LogP contribution in [0.25, 0.3) is 0 Å². The first kappa shape index (κ1) is 10.2. The van der Waals surface area contributed by atoms with E-state index >= 15 is 0 Å². The molecule has 0 saturated carbocycles. The van der Waals surface area contributed by atoms with Crippen LogP contribution in [0, 0.1) is 11.3 Å². The van der Waals surface area contributed by atoms with E-state index in [1.807, 2.05) is 42.5 Å². The summed E-state index contributed by atoms with van der Waals surface area (Å²) in [6.07, 6.45) is 1.65. The van der Waals surface area contributed by atoms with Gasteiger partial charge >= 0.3 is 0 Å². The molecule has 3 nitrogen and oxygen atoms in total. The van der Waals surface area contributed by atoms with Gasteiger partial charge in [-0.2, -0.15) is 5.26 Å². The Morgan fingerprint density at radius 2 is 2.00 bits per heavy atom. The van der Waals surface area contributed by atoms with Gasteiger partial charge in [-0.1, -0.05) is 18.2 Å². The van der Waals surface area contributed by atoms with Gasteiger partial charge in [0.2, 0.25) is 0 Å². The number of anilines is 1. The van der Waals surface area contributed by atoms with Crippen LogP contribution in [0.4, 0.5) is 5.69 Å². The molecule has 0 radical (unpaired) electrons. The zero-order valence-electron chi connectivity index (χ0n) is 8.72. The minimum atomic E-state index is 0.451. The monoisotopic (exact) mass is 209 g/mol. The zero-order chi connectivity index (χ0) is 11.2. The molecule has 78 valence electrons. The number of nitrogens with zero attached hydrogens (tertiary/aromatic N) is 2. The Kier molecular flexibility index (Phi) is 3.15. The number of para-hydroxylation sites is 1. The van der Waals surface area contributed by atoms with E-state index in [1.54, 1.807) is 12.3 Å². The predicted octanol–water partition coefficient (Wildman–Crippen LogP) is 2.57. The second kappa shape index (κ2) is 4.94. The first-order valence-corrected chi connectivity index (χ1v) is 5.02. The lowest BCUT2D eigenvalue weighted by Gasteiger charge is -2.05.